The van der Waals surface area contributed by atoms with Gasteiger partial charge in [-0.15, -0.1) is 0 Å². The molecular formula is C18H20FNO4. The van der Waals surface area contributed by atoms with Crippen LogP contribution in [-0.2, 0) is 4.79 Å². The third-order valence-corrected chi connectivity index (χ3v) is 3.24. The average Bonchev–Trinajstić information content (AvgIpc) is 2.60. The quantitative estimate of drug-likeness (QED) is 0.755. The summed E-state index contributed by atoms with van der Waals surface area (Å²) in [6, 6.07) is 13.2. The van der Waals surface area contributed by atoms with Crippen molar-refractivity contribution in [1.82, 2.24) is 5.32 Å². The first-order valence-electron chi connectivity index (χ1n) is 7.56. The van der Waals surface area contributed by atoms with E-state index in [9.17, 15) is 9.18 Å². The highest BCUT2D eigenvalue weighted by atomic mass is 19.1. The fourth-order valence-electron chi connectivity index (χ4n) is 2.00. The predicted octanol–water partition coefficient (Wildman–Crippen LogP) is 2.80. The Bertz CT molecular complexity index is 678. The summed E-state index contributed by atoms with van der Waals surface area (Å²) >= 11 is 0. The van der Waals surface area contributed by atoms with Crippen LogP contribution in [0.3, 0.4) is 0 Å². The molecule has 0 spiro atoms. The molecule has 0 bridgehead atoms. The Morgan fingerprint density at radius 3 is 2.38 bits per heavy atom. The number of carbonyl (C=O) groups excluding carboxylic acids is 1. The lowest BCUT2D eigenvalue weighted by Crippen LogP contribution is -2.38. The van der Waals surface area contributed by atoms with E-state index in [4.69, 9.17) is 14.2 Å². The van der Waals surface area contributed by atoms with Crippen LogP contribution in [0, 0.1) is 5.82 Å². The van der Waals surface area contributed by atoms with Gasteiger partial charge in [0, 0.05) is 0 Å². The molecule has 0 heterocycles. The van der Waals surface area contributed by atoms with Crippen LogP contribution in [0.15, 0.2) is 48.5 Å². The molecule has 0 unspecified atom stereocenters. The molecule has 0 aliphatic carbocycles. The van der Waals surface area contributed by atoms with Crippen molar-refractivity contribution in [3.8, 4) is 17.2 Å². The van der Waals surface area contributed by atoms with Crippen LogP contribution < -0.4 is 19.5 Å². The Morgan fingerprint density at radius 1 is 1.08 bits per heavy atom. The molecule has 0 aromatic heterocycles. The van der Waals surface area contributed by atoms with Gasteiger partial charge in [-0.1, -0.05) is 24.3 Å². The molecule has 0 aliphatic rings. The highest BCUT2D eigenvalue weighted by molar-refractivity contribution is 5.80. The molecule has 128 valence electrons. The molecule has 1 N–H and O–H groups in total. The summed E-state index contributed by atoms with van der Waals surface area (Å²) in [5.41, 5.74) is 0. The molecule has 0 aliphatic heterocycles. The minimum absolute atomic E-state index is 0.0467. The number of halogens is 1. The van der Waals surface area contributed by atoms with Crippen molar-refractivity contribution >= 4 is 5.91 Å². The number of amides is 1. The van der Waals surface area contributed by atoms with E-state index in [1.807, 2.05) is 12.1 Å². The van der Waals surface area contributed by atoms with Crippen molar-refractivity contribution in [2.24, 2.45) is 0 Å². The van der Waals surface area contributed by atoms with E-state index in [1.54, 1.807) is 38.3 Å². The maximum atomic E-state index is 13.5. The Balaban J connectivity index is 1.75. The van der Waals surface area contributed by atoms with Crippen LogP contribution >= 0.6 is 0 Å². The highest BCUT2D eigenvalue weighted by Gasteiger charge is 2.15. The second kappa shape index (κ2) is 8.76. The summed E-state index contributed by atoms with van der Waals surface area (Å²) in [4.78, 5) is 12.0. The number of benzene rings is 2. The number of para-hydroxylation sites is 3. The van der Waals surface area contributed by atoms with Crippen LogP contribution in [-0.4, -0.2) is 32.3 Å². The molecule has 0 fully saturated rings. The maximum Gasteiger partial charge on any atom is 0.260 e. The Labute approximate surface area is 140 Å². The summed E-state index contributed by atoms with van der Waals surface area (Å²) in [5.74, 6) is 0.425. The fourth-order valence-corrected chi connectivity index (χ4v) is 2.00. The zero-order valence-electron chi connectivity index (χ0n) is 13.6. The lowest BCUT2D eigenvalue weighted by atomic mass is 10.3. The van der Waals surface area contributed by atoms with Gasteiger partial charge < -0.3 is 19.5 Å². The first kappa shape index (κ1) is 17.6. The van der Waals surface area contributed by atoms with E-state index in [2.05, 4.69) is 5.32 Å². The van der Waals surface area contributed by atoms with Gasteiger partial charge in [0.2, 0.25) is 0 Å². The molecular weight excluding hydrogens is 313 g/mol. The van der Waals surface area contributed by atoms with Gasteiger partial charge >= 0.3 is 0 Å². The number of nitrogens with one attached hydrogen (secondary N) is 1. The van der Waals surface area contributed by atoms with E-state index in [1.165, 1.54) is 12.1 Å². The monoisotopic (exact) mass is 333 g/mol. The average molecular weight is 333 g/mol. The fraction of sp³-hybridized carbons (Fsp3) is 0.278. The first-order chi connectivity index (χ1) is 11.6. The van der Waals surface area contributed by atoms with Crippen LogP contribution in [0.5, 0.6) is 17.2 Å². The number of hydrogen-bond acceptors (Lipinski definition) is 4. The van der Waals surface area contributed by atoms with E-state index in [0.29, 0.717) is 18.0 Å². The third-order valence-electron chi connectivity index (χ3n) is 3.24. The second-order valence-electron chi connectivity index (χ2n) is 4.98. The lowest BCUT2D eigenvalue weighted by molar-refractivity contribution is -0.127. The topological polar surface area (TPSA) is 56.8 Å². The summed E-state index contributed by atoms with van der Waals surface area (Å²) in [6.07, 6.45) is -0.812. The van der Waals surface area contributed by atoms with E-state index >= 15 is 0 Å². The van der Waals surface area contributed by atoms with Crippen LogP contribution in [0.1, 0.15) is 6.92 Å². The van der Waals surface area contributed by atoms with Gasteiger partial charge in [0.1, 0.15) is 6.61 Å². The molecule has 2 aromatic carbocycles. The van der Waals surface area contributed by atoms with Gasteiger partial charge in [-0.05, 0) is 31.2 Å². The number of hydrogen-bond donors (Lipinski definition) is 1. The van der Waals surface area contributed by atoms with Gasteiger partial charge in [-0.2, -0.15) is 0 Å². The van der Waals surface area contributed by atoms with Crippen molar-refractivity contribution in [2.45, 2.75) is 13.0 Å². The van der Waals surface area contributed by atoms with Crippen LogP contribution in [0.4, 0.5) is 4.39 Å². The third kappa shape index (κ3) is 4.87. The molecule has 0 radical (unpaired) electrons. The van der Waals surface area contributed by atoms with Crippen molar-refractivity contribution in [1.29, 1.82) is 0 Å². The largest absolute Gasteiger partial charge is 0.493 e. The predicted molar refractivity (Wildman–Crippen MR) is 88.0 cm³/mol. The summed E-state index contributed by atoms with van der Waals surface area (Å²) in [5, 5.41) is 2.68. The van der Waals surface area contributed by atoms with E-state index in [0.717, 1.165) is 0 Å². The number of carbonyl (C=O) groups is 1. The van der Waals surface area contributed by atoms with Crippen molar-refractivity contribution in [3.05, 3.63) is 54.3 Å². The minimum Gasteiger partial charge on any atom is -0.493 e. The molecule has 2 rings (SSSR count). The second-order valence-corrected chi connectivity index (χ2v) is 4.98. The minimum atomic E-state index is -0.812. The van der Waals surface area contributed by atoms with Gasteiger partial charge in [0.15, 0.2) is 29.2 Å². The standard InChI is InChI=1S/C18H20FNO4/c1-13(24-15-8-4-3-7-14(15)19)18(21)20-11-12-23-17-10-6-5-9-16(17)22-2/h3-10,13H,11-12H2,1-2H3,(H,20,21)/t13-/m1/s1. The number of rotatable bonds is 8. The van der Waals surface area contributed by atoms with Crippen LogP contribution in [0.2, 0.25) is 0 Å². The number of methoxy groups -OCH3 is 1. The van der Waals surface area contributed by atoms with Gasteiger partial charge in [0.05, 0.1) is 13.7 Å². The van der Waals surface area contributed by atoms with Gasteiger partial charge in [-0.3, -0.25) is 4.79 Å². The van der Waals surface area contributed by atoms with E-state index in [-0.39, 0.29) is 18.3 Å². The summed E-state index contributed by atoms with van der Waals surface area (Å²) < 4.78 is 29.5. The molecule has 5 nitrogen and oxygen atoms in total. The first-order valence-corrected chi connectivity index (χ1v) is 7.56. The molecule has 1 atom stereocenters. The van der Waals surface area contributed by atoms with Gasteiger partial charge in [-0.25, -0.2) is 4.39 Å². The molecule has 0 saturated carbocycles. The lowest BCUT2D eigenvalue weighted by Gasteiger charge is -2.15. The molecule has 1 amide bonds. The molecule has 2 aromatic rings. The number of ether oxygens (including phenoxy) is 3. The normalized spacial score (nSPS) is 11.5. The Morgan fingerprint density at radius 2 is 1.71 bits per heavy atom. The summed E-state index contributed by atoms with van der Waals surface area (Å²) in [7, 11) is 1.56. The Hall–Kier alpha value is -2.76. The Kier molecular flexibility index (Phi) is 6.42. The van der Waals surface area contributed by atoms with Crippen molar-refractivity contribution in [3.63, 3.8) is 0 Å². The smallest absolute Gasteiger partial charge is 0.260 e. The van der Waals surface area contributed by atoms with Gasteiger partial charge in [0.25, 0.3) is 5.91 Å². The maximum absolute atomic E-state index is 13.5. The molecule has 0 saturated heterocycles. The van der Waals surface area contributed by atoms with Crippen LogP contribution in [0.25, 0.3) is 0 Å². The van der Waals surface area contributed by atoms with E-state index < -0.39 is 11.9 Å². The zero-order chi connectivity index (χ0) is 17.4. The molecule has 6 heteroatoms. The molecule has 24 heavy (non-hydrogen) atoms. The van der Waals surface area contributed by atoms with Crippen molar-refractivity contribution < 1.29 is 23.4 Å². The zero-order valence-corrected chi connectivity index (χ0v) is 13.6. The van der Waals surface area contributed by atoms with Crippen molar-refractivity contribution in [2.75, 3.05) is 20.3 Å². The highest BCUT2D eigenvalue weighted by Crippen LogP contribution is 2.25. The SMILES string of the molecule is COc1ccccc1OCCNC(=O)[C@@H](C)Oc1ccccc1F. The summed E-state index contributed by atoms with van der Waals surface area (Å²) in [6.45, 7) is 2.13.